The van der Waals surface area contributed by atoms with E-state index in [2.05, 4.69) is 15.5 Å². The number of carbonyl (C=O) groups is 3. The highest BCUT2D eigenvalue weighted by atomic mass is 16.4. The van der Waals surface area contributed by atoms with Crippen molar-refractivity contribution in [1.29, 1.82) is 0 Å². The van der Waals surface area contributed by atoms with E-state index in [0.717, 1.165) is 0 Å². The van der Waals surface area contributed by atoms with Gasteiger partial charge < -0.3 is 25.7 Å². The van der Waals surface area contributed by atoms with Crippen LogP contribution in [-0.2, 0) is 9.59 Å². The zero-order valence-electron chi connectivity index (χ0n) is 12.2. The van der Waals surface area contributed by atoms with Gasteiger partial charge in [-0.25, -0.2) is 9.59 Å². The van der Waals surface area contributed by atoms with Gasteiger partial charge in [0.15, 0.2) is 0 Å². The van der Waals surface area contributed by atoms with Crippen LogP contribution in [0, 0.1) is 0 Å². The molecule has 1 atom stereocenters. The SMILES string of the molecule is CN(CCNC(=O)N[C@@H](CC(=O)O)C(=O)O)C1CCCC1. The molecule has 1 fully saturated rings. The minimum atomic E-state index is -1.42. The van der Waals surface area contributed by atoms with Crippen molar-refractivity contribution < 1.29 is 24.6 Å². The van der Waals surface area contributed by atoms with E-state index in [1.165, 1.54) is 25.7 Å². The van der Waals surface area contributed by atoms with Crippen LogP contribution in [0.1, 0.15) is 32.1 Å². The number of carboxylic acid groups (broad SMARTS) is 2. The van der Waals surface area contributed by atoms with Crippen LogP contribution in [0.4, 0.5) is 4.79 Å². The maximum Gasteiger partial charge on any atom is 0.326 e. The zero-order chi connectivity index (χ0) is 15.8. The fraction of sp³-hybridized carbons (Fsp3) is 0.769. The standard InChI is InChI=1S/C13H23N3O5/c1-16(9-4-2-3-5-9)7-6-14-13(21)15-10(12(19)20)8-11(17)18/h9-10H,2-8H2,1H3,(H,17,18)(H,19,20)(H2,14,15,21)/t10-/m0/s1. The molecule has 0 saturated heterocycles. The van der Waals surface area contributed by atoms with Gasteiger partial charge in [-0.05, 0) is 19.9 Å². The van der Waals surface area contributed by atoms with Crippen LogP contribution in [0.15, 0.2) is 0 Å². The Bertz CT molecular complexity index is 382. The first-order valence-electron chi connectivity index (χ1n) is 7.09. The Morgan fingerprint density at radius 1 is 1.24 bits per heavy atom. The second-order valence-electron chi connectivity index (χ2n) is 5.31. The van der Waals surface area contributed by atoms with Crippen molar-refractivity contribution in [2.45, 2.75) is 44.2 Å². The molecule has 0 unspecified atom stereocenters. The summed E-state index contributed by atoms with van der Waals surface area (Å²) in [4.78, 5) is 35.0. The smallest absolute Gasteiger partial charge is 0.326 e. The van der Waals surface area contributed by atoms with E-state index in [0.29, 0.717) is 19.1 Å². The highest BCUT2D eigenvalue weighted by Crippen LogP contribution is 2.21. The molecule has 1 aliphatic carbocycles. The molecule has 0 heterocycles. The number of carboxylic acids is 2. The molecule has 0 aromatic rings. The number of hydrogen-bond donors (Lipinski definition) is 4. The van der Waals surface area contributed by atoms with Crippen molar-refractivity contribution in [2.24, 2.45) is 0 Å². The van der Waals surface area contributed by atoms with E-state index in [-0.39, 0.29) is 0 Å². The van der Waals surface area contributed by atoms with Gasteiger partial charge in [0.2, 0.25) is 0 Å². The number of carbonyl (C=O) groups excluding carboxylic acids is 1. The second-order valence-corrected chi connectivity index (χ2v) is 5.31. The van der Waals surface area contributed by atoms with Crippen LogP contribution in [0.5, 0.6) is 0 Å². The third-order valence-corrected chi connectivity index (χ3v) is 3.68. The van der Waals surface area contributed by atoms with Crippen molar-refractivity contribution in [3.05, 3.63) is 0 Å². The third kappa shape index (κ3) is 6.44. The number of nitrogens with zero attached hydrogens (tertiary/aromatic N) is 1. The van der Waals surface area contributed by atoms with E-state index in [4.69, 9.17) is 10.2 Å². The van der Waals surface area contributed by atoms with E-state index in [1.54, 1.807) is 0 Å². The monoisotopic (exact) mass is 301 g/mol. The molecule has 120 valence electrons. The van der Waals surface area contributed by atoms with Crippen LogP contribution in [0.3, 0.4) is 0 Å². The molecular formula is C13H23N3O5. The van der Waals surface area contributed by atoms with Crippen molar-refractivity contribution in [1.82, 2.24) is 15.5 Å². The van der Waals surface area contributed by atoms with Gasteiger partial charge in [-0.2, -0.15) is 0 Å². The molecular weight excluding hydrogens is 278 g/mol. The second kappa shape index (κ2) is 8.46. The first-order valence-corrected chi connectivity index (χ1v) is 7.09. The quantitative estimate of drug-likeness (QED) is 0.504. The highest BCUT2D eigenvalue weighted by molar-refractivity contribution is 5.86. The minimum absolute atomic E-state index is 0.387. The maximum absolute atomic E-state index is 11.5. The first kappa shape index (κ1) is 17.2. The van der Waals surface area contributed by atoms with E-state index < -0.39 is 30.4 Å². The Hall–Kier alpha value is -1.83. The lowest BCUT2D eigenvalue weighted by molar-refractivity contribution is -0.145. The third-order valence-electron chi connectivity index (χ3n) is 3.68. The molecule has 1 rings (SSSR count). The lowest BCUT2D eigenvalue weighted by Gasteiger charge is -2.24. The van der Waals surface area contributed by atoms with Crippen LogP contribution >= 0.6 is 0 Å². The van der Waals surface area contributed by atoms with Crippen molar-refractivity contribution in [3.8, 4) is 0 Å². The molecule has 0 aliphatic heterocycles. The number of aliphatic carboxylic acids is 2. The van der Waals surface area contributed by atoms with Gasteiger partial charge >= 0.3 is 18.0 Å². The molecule has 1 saturated carbocycles. The predicted octanol–water partition coefficient (Wildman–Crippen LogP) is 0.0879. The summed E-state index contributed by atoms with van der Waals surface area (Å²) in [6, 6.07) is -1.54. The highest BCUT2D eigenvalue weighted by Gasteiger charge is 2.23. The average Bonchev–Trinajstić information content (AvgIpc) is 2.91. The summed E-state index contributed by atoms with van der Waals surface area (Å²) in [5.41, 5.74) is 0. The Balaban J connectivity index is 2.25. The van der Waals surface area contributed by atoms with Gasteiger partial charge in [0.25, 0.3) is 0 Å². The Kier molecular flexibility index (Phi) is 6.93. The average molecular weight is 301 g/mol. The Morgan fingerprint density at radius 2 is 1.86 bits per heavy atom. The molecule has 0 aromatic heterocycles. The van der Waals surface area contributed by atoms with Crippen LogP contribution < -0.4 is 10.6 Å². The molecule has 0 spiro atoms. The molecule has 21 heavy (non-hydrogen) atoms. The number of likely N-dealkylation sites (N-methyl/N-ethyl adjacent to an activating group) is 1. The number of urea groups is 1. The summed E-state index contributed by atoms with van der Waals surface area (Å²) >= 11 is 0. The van der Waals surface area contributed by atoms with Crippen LogP contribution in [0.2, 0.25) is 0 Å². The van der Waals surface area contributed by atoms with Crippen molar-refractivity contribution in [2.75, 3.05) is 20.1 Å². The lowest BCUT2D eigenvalue weighted by atomic mass is 10.2. The van der Waals surface area contributed by atoms with E-state index >= 15 is 0 Å². The summed E-state index contributed by atoms with van der Waals surface area (Å²) in [5.74, 6) is -2.64. The summed E-state index contributed by atoms with van der Waals surface area (Å²) < 4.78 is 0. The lowest BCUT2D eigenvalue weighted by Crippen LogP contribution is -2.48. The van der Waals surface area contributed by atoms with Gasteiger partial charge in [0.05, 0.1) is 6.42 Å². The summed E-state index contributed by atoms with van der Waals surface area (Å²) in [5, 5.41) is 22.1. The zero-order valence-corrected chi connectivity index (χ0v) is 12.2. The van der Waals surface area contributed by atoms with E-state index in [9.17, 15) is 14.4 Å². The van der Waals surface area contributed by atoms with Crippen molar-refractivity contribution >= 4 is 18.0 Å². The van der Waals surface area contributed by atoms with E-state index in [1.807, 2.05) is 7.05 Å². The van der Waals surface area contributed by atoms with Gasteiger partial charge in [-0.1, -0.05) is 12.8 Å². The topological polar surface area (TPSA) is 119 Å². The minimum Gasteiger partial charge on any atom is -0.481 e. The summed E-state index contributed by atoms with van der Waals surface area (Å²) in [7, 11) is 2.00. The number of nitrogens with one attached hydrogen (secondary N) is 2. The largest absolute Gasteiger partial charge is 0.481 e. The predicted molar refractivity (Wildman–Crippen MR) is 75.1 cm³/mol. The van der Waals surface area contributed by atoms with Gasteiger partial charge in [0, 0.05) is 19.1 Å². The molecule has 0 aromatic carbocycles. The van der Waals surface area contributed by atoms with Gasteiger partial charge in [-0.3, -0.25) is 4.79 Å². The number of hydrogen-bond acceptors (Lipinski definition) is 4. The summed E-state index contributed by atoms with van der Waals surface area (Å²) in [6.07, 6.45) is 4.16. The van der Waals surface area contributed by atoms with Crippen LogP contribution in [0.25, 0.3) is 0 Å². The molecule has 0 bridgehead atoms. The molecule has 4 N–H and O–H groups in total. The molecule has 0 radical (unpaired) electrons. The number of amides is 2. The molecule has 1 aliphatic rings. The fourth-order valence-electron chi connectivity index (χ4n) is 2.46. The van der Waals surface area contributed by atoms with Gasteiger partial charge in [-0.15, -0.1) is 0 Å². The molecule has 8 heteroatoms. The fourth-order valence-corrected chi connectivity index (χ4v) is 2.46. The van der Waals surface area contributed by atoms with Crippen LogP contribution in [-0.4, -0.2) is 65.3 Å². The Morgan fingerprint density at radius 3 is 2.38 bits per heavy atom. The summed E-state index contributed by atoms with van der Waals surface area (Å²) in [6.45, 7) is 1.06. The molecule has 8 nitrogen and oxygen atoms in total. The van der Waals surface area contributed by atoms with Crippen molar-refractivity contribution in [3.63, 3.8) is 0 Å². The normalized spacial score (nSPS) is 16.7. The Labute approximate surface area is 123 Å². The van der Waals surface area contributed by atoms with Gasteiger partial charge in [0.1, 0.15) is 6.04 Å². The first-order chi connectivity index (χ1) is 9.90. The molecule has 2 amide bonds. The maximum atomic E-state index is 11.5. The number of rotatable bonds is 8.